The van der Waals surface area contributed by atoms with E-state index >= 15 is 0 Å². The van der Waals surface area contributed by atoms with Gasteiger partial charge in [-0.3, -0.25) is 0 Å². The number of carbonyl (C=O) groups excluding carboxylic acids is 1. The van der Waals surface area contributed by atoms with Gasteiger partial charge in [-0.2, -0.15) is 11.3 Å². The van der Waals surface area contributed by atoms with E-state index in [2.05, 4.69) is 24.5 Å². The van der Waals surface area contributed by atoms with Gasteiger partial charge >= 0.3 is 6.03 Å². The third-order valence-corrected chi connectivity index (χ3v) is 5.70. The SMILES string of the molecule is CC1(C)[C@H](NC(=O)NC[C@H](O)c2ccsc2)[C@@H]2CCCO[C@H]21. The quantitative estimate of drug-likeness (QED) is 0.796. The van der Waals surface area contributed by atoms with Gasteiger partial charge in [0.2, 0.25) is 0 Å². The minimum atomic E-state index is -0.655. The van der Waals surface area contributed by atoms with E-state index in [-0.39, 0.29) is 30.1 Å². The molecule has 0 unspecified atom stereocenters. The highest BCUT2D eigenvalue weighted by Crippen LogP contribution is 2.51. The molecule has 2 amide bonds. The maximum absolute atomic E-state index is 12.1. The predicted molar refractivity (Wildman–Crippen MR) is 85.8 cm³/mol. The van der Waals surface area contributed by atoms with Crippen molar-refractivity contribution in [3.8, 4) is 0 Å². The zero-order valence-corrected chi connectivity index (χ0v) is 13.9. The second kappa shape index (κ2) is 6.18. The maximum Gasteiger partial charge on any atom is 0.315 e. The number of carbonyl (C=O) groups is 1. The zero-order chi connectivity index (χ0) is 15.7. The van der Waals surface area contributed by atoms with Crippen molar-refractivity contribution >= 4 is 17.4 Å². The van der Waals surface area contributed by atoms with Crippen molar-refractivity contribution in [2.24, 2.45) is 11.3 Å². The molecule has 1 saturated carbocycles. The standard InChI is InChI=1S/C16H24N2O3S/c1-16(2)13(11-4-3-6-21-14(11)16)18-15(20)17-8-12(19)10-5-7-22-9-10/h5,7,9,11-14,19H,3-4,6,8H2,1-2H3,(H2,17,18,20)/t11-,12-,13+,14+/m0/s1. The van der Waals surface area contributed by atoms with Crippen molar-refractivity contribution in [2.75, 3.05) is 13.2 Å². The van der Waals surface area contributed by atoms with Crippen molar-refractivity contribution in [3.05, 3.63) is 22.4 Å². The molecule has 0 aromatic carbocycles. The lowest BCUT2D eigenvalue weighted by Gasteiger charge is -2.59. The minimum Gasteiger partial charge on any atom is -0.387 e. The van der Waals surface area contributed by atoms with Gasteiger partial charge in [0.05, 0.1) is 12.2 Å². The van der Waals surface area contributed by atoms with E-state index < -0.39 is 6.10 Å². The molecule has 2 fully saturated rings. The Labute approximate surface area is 135 Å². The Balaban J connectivity index is 1.49. The number of ether oxygens (including phenoxy) is 1. The second-order valence-corrected chi connectivity index (χ2v) is 7.60. The van der Waals surface area contributed by atoms with Gasteiger partial charge in [-0.05, 0) is 35.2 Å². The number of thiophene rings is 1. The van der Waals surface area contributed by atoms with Crippen molar-refractivity contribution < 1.29 is 14.6 Å². The zero-order valence-electron chi connectivity index (χ0n) is 13.0. The van der Waals surface area contributed by atoms with Gasteiger partial charge in [0.15, 0.2) is 0 Å². The van der Waals surface area contributed by atoms with E-state index in [1.165, 1.54) is 11.3 Å². The molecular weight excluding hydrogens is 300 g/mol. The van der Waals surface area contributed by atoms with E-state index in [0.717, 1.165) is 25.0 Å². The molecule has 0 radical (unpaired) electrons. The topological polar surface area (TPSA) is 70.6 Å². The highest BCUT2D eigenvalue weighted by molar-refractivity contribution is 7.07. The summed E-state index contributed by atoms with van der Waals surface area (Å²) in [7, 11) is 0. The number of hydrogen-bond donors (Lipinski definition) is 3. The van der Waals surface area contributed by atoms with Crippen LogP contribution in [0, 0.1) is 11.3 Å². The van der Waals surface area contributed by atoms with Crippen molar-refractivity contribution in [1.82, 2.24) is 10.6 Å². The van der Waals surface area contributed by atoms with E-state index in [4.69, 9.17) is 4.74 Å². The molecule has 122 valence electrons. The van der Waals surface area contributed by atoms with Gasteiger partial charge in [0.1, 0.15) is 0 Å². The summed E-state index contributed by atoms with van der Waals surface area (Å²) in [6.07, 6.45) is 1.77. The largest absolute Gasteiger partial charge is 0.387 e. The predicted octanol–water partition coefficient (Wildman–Crippen LogP) is 2.28. The highest BCUT2D eigenvalue weighted by Gasteiger charge is 2.58. The Morgan fingerprint density at radius 3 is 3.14 bits per heavy atom. The van der Waals surface area contributed by atoms with Gasteiger partial charge in [-0.25, -0.2) is 4.79 Å². The van der Waals surface area contributed by atoms with Gasteiger partial charge in [0, 0.05) is 30.5 Å². The molecule has 1 aromatic rings. The lowest BCUT2D eigenvalue weighted by Crippen LogP contribution is -2.70. The number of hydrogen-bond acceptors (Lipinski definition) is 4. The van der Waals surface area contributed by atoms with Gasteiger partial charge in [0.25, 0.3) is 0 Å². The van der Waals surface area contributed by atoms with E-state index in [9.17, 15) is 9.90 Å². The van der Waals surface area contributed by atoms with E-state index in [1.807, 2.05) is 16.8 Å². The molecule has 0 spiro atoms. The minimum absolute atomic E-state index is 0.0333. The molecule has 1 aliphatic carbocycles. The number of rotatable bonds is 4. The van der Waals surface area contributed by atoms with Crippen molar-refractivity contribution in [3.63, 3.8) is 0 Å². The Morgan fingerprint density at radius 2 is 2.41 bits per heavy atom. The van der Waals surface area contributed by atoms with Crippen LogP contribution < -0.4 is 10.6 Å². The first-order chi connectivity index (χ1) is 10.5. The fourth-order valence-corrected chi connectivity index (χ4v) is 4.49. The van der Waals surface area contributed by atoms with E-state index in [1.54, 1.807) is 0 Å². The van der Waals surface area contributed by atoms with Crippen LogP contribution in [0.1, 0.15) is 38.4 Å². The first kappa shape index (κ1) is 15.8. The molecule has 1 aliphatic heterocycles. The van der Waals surface area contributed by atoms with Gasteiger partial charge in [-0.15, -0.1) is 0 Å². The maximum atomic E-state index is 12.1. The van der Waals surface area contributed by atoms with Crippen molar-refractivity contribution in [1.29, 1.82) is 0 Å². The Hall–Kier alpha value is -1.11. The molecular formula is C16H24N2O3S. The molecule has 2 heterocycles. The Kier molecular flexibility index (Phi) is 4.43. The van der Waals surface area contributed by atoms with Crippen LogP contribution in [-0.4, -0.2) is 36.4 Å². The van der Waals surface area contributed by atoms with Crippen LogP contribution in [-0.2, 0) is 4.74 Å². The molecule has 3 N–H and O–H groups in total. The number of aliphatic hydroxyl groups is 1. The average molecular weight is 324 g/mol. The van der Waals surface area contributed by atoms with Gasteiger partial charge in [-0.1, -0.05) is 13.8 Å². The summed E-state index contributed by atoms with van der Waals surface area (Å²) in [4.78, 5) is 12.1. The van der Waals surface area contributed by atoms with Crippen LogP contribution in [0.2, 0.25) is 0 Å². The molecule has 1 aromatic heterocycles. The normalized spacial score (nSPS) is 30.8. The number of nitrogens with one attached hydrogen (secondary N) is 2. The first-order valence-corrected chi connectivity index (χ1v) is 8.80. The number of urea groups is 1. The first-order valence-electron chi connectivity index (χ1n) is 7.86. The van der Waals surface area contributed by atoms with E-state index in [0.29, 0.717) is 5.92 Å². The lowest BCUT2D eigenvalue weighted by atomic mass is 9.55. The van der Waals surface area contributed by atoms with Crippen LogP contribution in [0.25, 0.3) is 0 Å². The van der Waals surface area contributed by atoms with Crippen LogP contribution >= 0.6 is 11.3 Å². The van der Waals surface area contributed by atoms with Crippen LogP contribution in [0.15, 0.2) is 16.8 Å². The smallest absolute Gasteiger partial charge is 0.315 e. The molecule has 22 heavy (non-hydrogen) atoms. The molecule has 2 aliphatic rings. The molecule has 0 bridgehead atoms. The summed E-state index contributed by atoms with van der Waals surface area (Å²) in [6, 6.07) is 1.79. The summed E-state index contributed by atoms with van der Waals surface area (Å²) < 4.78 is 5.84. The summed E-state index contributed by atoms with van der Waals surface area (Å²) in [5.41, 5.74) is 0.809. The molecule has 4 atom stereocenters. The number of fused-ring (bicyclic) bond motifs is 1. The summed E-state index contributed by atoms with van der Waals surface area (Å²) in [6.45, 7) is 5.34. The summed E-state index contributed by atoms with van der Waals surface area (Å²) in [5.74, 6) is 0.413. The van der Waals surface area contributed by atoms with Crippen LogP contribution in [0.5, 0.6) is 0 Å². The number of amides is 2. The Morgan fingerprint density at radius 1 is 1.59 bits per heavy atom. The van der Waals surface area contributed by atoms with Crippen LogP contribution in [0.3, 0.4) is 0 Å². The fraction of sp³-hybridized carbons (Fsp3) is 0.688. The monoisotopic (exact) mass is 324 g/mol. The molecule has 5 nitrogen and oxygen atoms in total. The molecule has 1 saturated heterocycles. The number of aliphatic hydroxyl groups excluding tert-OH is 1. The lowest BCUT2D eigenvalue weighted by molar-refractivity contribution is -0.189. The van der Waals surface area contributed by atoms with Crippen molar-refractivity contribution in [2.45, 2.75) is 44.9 Å². The summed E-state index contributed by atoms with van der Waals surface area (Å²) in [5, 5.41) is 19.6. The molecule has 6 heteroatoms. The van der Waals surface area contributed by atoms with Gasteiger partial charge < -0.3 is 20.5 Å². The second-order valence-electron chi connectivity index (χ2n) is 6.82. The average Bonchev–Trinajstić information content (AvgIpc) is 3.04. The summed E-state index contributed by atoms with van der Waals surface area (Å²) >= 11 is 1.54. The Bertz CT molecular complexity index is 517. The third kappa shape index (κ3) is 2.87. The highest BCUT2D eigenvalue weighted by atomic mass is 32.1. The fourth-order valence-electron chi connectivity index (χ4n) is 3.78. The third-order valence-electron chi connectivity index (χ3n) is 5.00. The van der Waals surface area contributed by atoms with Crippen LogP contribution in [0.4, 0.5) is 4.79 Å². The molecule has 3 rings (SSSR count).